The first-order valence-electron chi connectivity index (χ1n) is 9.06. The number of methoxy groups -OCH3 is 1. The van der Waals surface area contributed by atoms with Gasteiger partial charge in [-0.1, -0.05) is 6.07 Å². The molecule has 4 aromatic rings. The number of anilines is 1. The number of carbonyl (C=O) groups excluding carboxylic acids is 1. The van der Waals surface area contributed by atoms with Crippen molar-refractivity contribution in [3.63, 3.8) is 0 Å². The molecule has 0 aliphatic carbocycles. The van der Waals surface area contributed by atoms with E-state index in [1.165, 1.54) is 18.2 Å². The van der Waals surface area contributed by atoms with Crippen molar-refractivity contribution in [2.45, 2.75) is 6.92 Å². The summed E-state index contributed by atoms with van der Waals surface area (Å²) in [4.78, 5) is 27.5. The van der Waals surface area contributed by atoms with Gasteiger partial charge in [0, 0.05) is 28.4 Å². The van der Waals surface area contributed by atoms with E-state index in [0.29, 0.717) is 39.6 Å². The molecule has 0 atom stereocenters. The Morgan fingerprint density at radius 1 is 1.13 bits per heavy atom. The summed E-state index contributed by atoms with van der Waals surface area (Å²) in [5.74, 6) is 0.767. The molecule has 1 N–H and O–H groups in total. The number of ether oxygens (including phenoxy) is 1. The van der Waals surface area contributed by atoms with Crippen LogP contribution in [0.1, 0.15) is 15.9 Å². The second-order valence-corrected chi connectivity index (χ2v) is 6.65. The first-order chi connectivity index (χ1) is 14.4. The summed E-state index contributed by atoms with van der Waals surface area (Å²) in [6.07, 6.45) is 0. The third kappa shape index (κ3) is 3.70. The van der Waals surface area contributed by atoms with Crippen LogP contribution in [0.4, 0.5) is 11.4 Å². The number of aromatic nitrogens is 1. The first-order valence-corrected chi connectivity index (χ1v) is 9.06. The summed E-state index contributed by atoms with van der Waals surface area (Å²) in [5, 5.41) is 13.7. The maximum Gasteiger partial charge on any atom is 0.272 e. The second-order valence-electron chi connectivity index (χ2n) is 6.65. The zero-order valence-electron chi connectivity index (χ0n) is 16.2. The topological polar surface area (TPSA) is 108 Å². The monoisotopic (exact) mass is 403 g/mol. The highest BCUT2D eigenvalue weighted by atomic mass is 16.6. The molecule has 4 rings (SSSR count). The Kier molecular flexibility index (Phi) is 4.89. The summed E-state index contributed by atoms with van der Waals surface area (Å²) >= 11 is 0. The highest BCUT2D eigenvalue weighted by Crippen LogP contribution is 2.28. The van der Waals surface area contributed by atoms with E-state index in [9.17, 15) is 14.9 Å². The number of oxazole rings is 1. The molecule has 0 saturated heterocycles. The number of fused-ring (bicyclic) bond motifs is 1. The van der Waals surface area contributed by atoms with Gasteiger partial charge >= 0.3 is 0 Å². The maximum atomic E-state index is 12.5. The molecule has 1 heterocycles. The normalized spacial score (nSPS) is 10.7. The van der Waals surface area contributed by atoms with Gasteiger partial charge in [-0.25, -0.2) is 4.98 Å². The van der Waals surface area contributed by atoms with E-state index < -0.39 is 4.92 Å². The van der Waals surface area contributed by atoms with Gasteiger partial charge in [0.1, 0.15) is 11.3 Å². The van der Waals surface area contributed by atoms with Crippen molar-refractivity contribution >= 4 is 28.4 Å². The fraction of sp³-hybridized carbons (Fsp3) is 0.0909. The minimum absolute atomic E-state index is 0.0272. The summed E-state index contributed by atoms with van der Waals surface area (Å²) in [7, 11) is 1.59. The fourth-order valence-electron chi connectivity index (χ4n) is 3.09. The Balaban J connectivity index is 1.58. The van der Waals surface area contributed by atoms with Crippen LogP contribution >= 0.6 is 0 Å². The van der Waals surface area contributed by atoms with E-state index in [1.54, 1.807) is 32.2 Å². The van der Waals surface area contributed by atoms with Gasteiger partial charge in [-0.3, -0.25) is 14.9 Å². The van der Waals surface area contributed by atoms with Crippen molar-refractivity contribution in [2.75, 3.05) is 12.4 Å². The van der Waals surface area contributed by atoms with Gasteiger partial charge in [0.15, 0.2) is 5.58 Å². The molecule has 3 aromatic carbocycles. The lowest BCUT2D eigenvalue weighted by Crippen LogP contribution is -2.12. The molecular formula is C22H17N3O5. The Hall–Kier alpha value is -4.20. The lowest BCUT2D eigenvalue weighted by atomic mass is 10.1. The van der Waals surface area contributed by atoms with Gasteiger partial charge < -0.3 is 14.5 Å². The Bertz CT molecular complexity index is 1280. The molecule has 0 bridgehead atoms. The molecule has 8 nitrogen and oxygen atoms in total. The highest BCUT2D eigenvalue weighted by molar-refractivity contribution is 6.05. The molecule has 0 aliphatic heterocycles. The first kappa shape index (κ1) is 19.1. The second kappa shape index (κ2) is 7.67. The molecule has 8 heteroatoms. The summed E-state index contributed by atoms with van der Waals surface area (Å²) < 4.78 is 11.0. The number of hydrogen-bond acceptors (Lipinski definition) is 6. The van der Waals surface area contributed by atoms with E-state index >= 15 is 0 Å². The number of aryl methyl sites for hydroxylation is 1. The standard InChI is InChI=1S/C22H17N3O5/c1-13-10-14(6-8-19(13)25(27)28)21(26)23-16-7-9-20-18(12-16)24-22(30-20)15-4-3-5-17(11-15)29-2/h3-12H,1-2H3,(H,23,26). The van der Waals surface area contributed by atoms with Crippen LogP contribution in [0, 0.1) is 17.0 Å². The number of amides is 1. The van der Waals surface area contributed by atoms with Gasteiger partial charge in [0.2, 0.25) is 5.89 Å². The molecule has 0 aliphatic rings. The lowest BCUT2D eigenvalue weighted by Gasteiger charge is -2.06. The fourth-order valence-corrected chi connectivity index (χ4v) is 3.09. The van der Waals surface area contributed by atoms with Crippen molar-refractivity contribution in [3.05, 3.63) is 81.9 Å². The number of nitrogens with zero attached hydrogens (tertiary/aromatic N) is 2. The predicted molar refractivity (Wildman–Crippen MR) is 112 cm³/mol. The molecule has 0 unspecified atom stereocenters. The van der Waals surface area contributed by atoms with Crippen LogP contribution in [0.15, 0.2) is 65.1 Å². The van der Waals surface area contributed by atoms with Crippen LogP contribution in [-0.4, -0.2) is 22.9 Å². The number of nitro benzene ring substituents is 1. The smallest absolute Gasteiger partial charge is 0.272 e. The zero-order valence-corrected chi connectivity index (χ0v) is 16.2. The Labute approximate surface area is 171 Å². The minimum Gasteiger partial charge on any atom is -0.497 e. The van der Waals surface area contributed by atoms with Crippen LogP contribution in [-0.2, 0) is 0 Å². The van der Waals surface area contributed by atoms with E-state index in [2.05, 4.69) is 10.3 Å². The van der Waals surface area contributed by atoms with Crippen LogP contribution in [0.3, 0.4) is 0 Å². The Morgan fingerprint density at radius 2 is 1.97 bits per heavy atom. The quantitative estimate of drug-likeness (QED) is 0.372. The van der Waals surface area contributed by atoms with Crippen molar-refractivity contribution in [3.8, 4) is 17.2 Å². The number of nitrogens with one attached hydrogen (secondary N) is 1. The highest BCUT2D eigenvalue weighted by Gasteiger charge is 2.15. The van der Waals surface area contributed by atoms with E-state index in [4.69, 9.17) is 9.15 Å². The van der Waals surface area contributed by atoms with E-state index in [0.717, 1.165) is 5.56 Å². The van der Waals surface area contributed by atoms with Crippen molar-refractivity contribution in [1.82, 2.24) is 4.98 Å². The van der Waals surface area contributed by atoms with Gasteiger partial charge in [0.25, 0.3) is 11.6 Å². The molecule has 0 radical (unpaired) electrons. The van der Waals surface area contributed by atoms with Crippen LogP contribution in [0.2, 0.25) is 0 Å². The molecule has 0 saturated carbocycles. The Morgan fingerprint density at radius 3 is 2.70 bits per heavy atom. The number of hydrogen-bond donors (Lipinski definition) is 1. The van der Waals surface area contributed by atoms with E-state index in [-0.39, 0.29) is 11.6 Å². The largest absolute Gasteiger partial charge is 0.497 e. The number of carbonyl (C=O) groups is 1. The van der Waals surface area contributed by atoms with Crippen molar-refractivity contribution < 1.29 is 18.9 Å². The lowest BCUT2D eigenvalue weighted by molar-refractivity contribution is -0.385. The van der Waals surface area contributed by atoms with Gasteiger partial charge in [-0.05, 0) is 55.5 Å². The number of benzene rings is 3. The molecule has 0 fully saturated rings. The molecule has 0 spiro atoms. The van der Waals surface area contributed by atoms with Crippen molar-refractivity contribution in [2.24, 2.45) is 0 Å². The molecule has 30 heavy (non-hydrogen) atoms. The SMILES string of the molecule is COc1cccc(-c2nc3cc(NC(=O)c4ccc([N+](=O)[O-])c(C)c4)ccc3o2)c1. The van der Waals surface area contributed by atoms with Crippen LogP contribution in [0.5, 0.6) is 5.75 Å². The minimum atomic E-state index is -0.477. The predicted octanol–water partition coefficient (Wildman–Crippen LogP) is 4.97. The zero-order chi connectivity index (χ0) is 21.3. The summed E-state index contributed by atoms with van der Waals surface area (Å²) in [6.45, 7) is 1.59. The maximum absolute atomic E-state index is 12.5. The van der Waals surface area contributed by atoms with Crippen LogP contribution < -0.4 is 10.1 Å². The summed E-state index contributed by atoms with van der Waals surface area (Å²) in [5.41, 5.74) is 3.20. The van der Waals surface area contributed by atoms with Gasteiger partial charge in [-0.2, -0.15) is 0 Å². The van der Waals surface area contributed by atoms with Gasteiger partial charge in [0.05, 0.1) is 12.0 Å². The summed E-state index contributed by atoms with van der Waals surface area (Å²) in [6, 6.07) is 16.8. The third-order valence-corrected chi connectivity index (χ3v) is 4.62. The average Bonchev–Trinajstić information content (AvgIpc) is 3.17. The van der Waals surface area contributed by atoms with Crippen LogP contribution in [0.25, 0.3) is 22.6 Å². The molecule has 1 amide bonds. The average molecular weight is 403 g/mol. The molecule has 1 aromatic heterocycles. The number of nitro groups is 1. The molecular weight excluding hydrogens is 386 g/mol. The third-order valence-electron chi connectivity index (χ3n) is 4.62. The van der Waals surface area contributed by atoms with Crippen molar-refractivity contribution in [1.29, 1.82) is 0 Å². The van der Waals surface area contributed by atoms with Gasteiger partial charge in [-0.15, -0.1) is 0 Å². The number of rotatable bonds is 5. The molecule has 150 valence electrons. The van der Waals surface area contributed by atoms with E-state index in [1.807, 2.05) is 24.3 Å².